The van der Waals surface area contributed by atoms with E-state index < -0.39 is 24.5 Å². The van der Waals surface area contributed by atoms with Crippen molar-refractivity contribution in [3.05, 3.63) is 36.8 Å². The van der Waals surface area contributed by atoms with Gasteiger partial charge in [-0.25, -0.2) is 9.37 Å². The van der Waals surface area contributed by atoms with Crippen LogP contribution in [0.3, 0.4) is 0 Å². The lowest BCUT2D eigenvalue weighted by Gasteiger charge is -2.09. The molecule has 3 rings (SSSR count). The van der Waals surface area contributed by atoms with Crippen LogP contribution in [-0.4, -0.2) is 37.3 Å². The van der Waals surface area contributed by atoms with Crippen LogP contribution in [0.5, 0.6) is 5.88 Å². The van der Waals surface area contributed by atoms with Crippen molar-refractivity contribution >= 4 is 5.65 Å². The molecule has 0 radical (unpaired) electrons. The number of halogens is 4. The van der Waals surface area contributed by atoms with Crippen molar-refractivity contribution in [2.45, 2.75) is 6.18 Å². The first-order valence-corrected chi connectivity index (χ1v) is 5.93. The topological polar surface area (TPSA) is 65.2 Å². The van der Waals surface area contributed by atoms with Crippen LogP contribution in [0.15, 0.2) is 31.0 Å². The molecule has 0 spiro atoms. The van der Waals surface area contributed by atoms with Crippen LogP contribution in [-0.2, 0) is 0 Å². The highest BCUT2D eigenvalue weighted by atomic mass is 19.4. The summed E-state index contributed by atoms with van der Waals surface area (Å²) in [6.45, 7) is -1.61. The van der Waals surface area contributed by atoms with E-state index in [1.165, 1.54) is 18.7 Å². The minimum absolute atomic E-state index is 0.285. The molecule has 0 unspecified atom stereocenters. The molecule has 0 saturated carbocycles. The fourth-order valence-corrected chi connectivity index (χ4v) is 1.71. The molecular weight excluding hydrogens is 306 g/mol. The zero-order chi connectivity index (χ0) is 15.7. The van der Waals surface area contributed by atoms with Gasteiger partial charge in [-0.3, -0.25) is 9.38 Å². The number of fused-ring (bicyclic) bond motifs is 1. The SMILES string of the molecule is Fc1cc(-c2cn3cnnc3cn2)cnc1OCC(F)(F)F. The third kappa shape index (κ3) is 2.95. The number of ether oxygens (including phenoxy) is 1. The molecule has 0 fully saturated rings. The Labute approximate surface area is 120 Å². The van der Waals surface area contributed by atoms with Crippen molar-refractivity contribution in [3.8, 4) is 17.1 Å². The van der Waals surface area contributed by atoms with E-state index in [1.807, 2.05) is 0 Å². The number of hydrogen-bond donors (Lipinski definition) is 0. The maximum absolute atomic E-state index is 13.8. The number of hydrogen-bond acceptors (Lipinski definition) is 5. The maximum Gasteiger partial charge on any atom is 0.422 e. The molecule has 0 aromatic carbocycles. The molecule has 22 heavy (non-hydrogen) atoms. The Morgan fingerprint density at radius 2 is 2.00 bits per heavy atom. The fourth-order valence-electron chi connectivity index (χ4n) is 1.71. The van der Waals surface area contributed by atoms with Crippen molar-refractivity contribution in [3.63, 3.8) is 0 Å². The van der Waals surface area contributed by atoms with Crippen LogP contribution in [0.2, 0.25) is 0 Å². The quantitative estimate of drug-likeness (QED) is 0.694. The zero-order valence-electron chi connectivity index (χ0n) is 10.8. The Morgan fingerprint density at radius 3 is 2.73 bits per heavy atom. The monoisotopic (exact) mass is 313 g/mol. The first-order valence-electron chi connectivity index (χ1n) is 5.93. The van der Waals surface area contributed by atoms with E-state index in [0.29, 0.717) is 11.3 Å². The summed E-state index contributed by atoms with van der Waals surface area (Å²) in [5.41, 5.74) is 1.15. The molecule has 0 aliphatic carbocycles. The molecule has 3 aromatic rings. The molecule has 0 aliphatic heterocycles. The lowest BCUT2D eigenvalue weighted by Crippen LogP contribution is -2.20. The number of rotatable bonds is 3. The summed E-state index contributed by atoms with van der Waals surface area (Å²) in [5, 5.41) is 7.44. The predicted molar refractivity (Wildman–Crippen MR) is 65.5 cm³/mol. The van der Waals surface area contributed by atoms with E-state index in [1.54, 1.807) is 10.6 Å². The second-order valence-electron chi connectivity index (χ2n) is 4.28. The van der Waals surface area contributed by atoms with Crippen molar-refractivity contribution in [1.82, 2.24) is 24.6 Å². The molecule has 114 valence electrons. The number of alkyl halides is 3. The summed E-state index contributed by atoms with van der Waals surface area (Å²) in [5.74, 6) is -1.72. The minimum atomic E-state index is -4.56. The van der Waals surface area contributed by atoms with Gasteiger partial charge in [-0.15, -0.1) is 10.2 Å². The summed E-state index contributed by atoms with van der Waals surface area (Å²) in [6.07, 6.45) is 1.02. The Morgan fingerprint density at radius 1 is 1.18 bits per heavy atom. The van der Waals surface area contributed by atoms with Crippen molar-refractivity contribution < 1.29 is 22.3 Å². The molecule has 3 aromatic heterocycles. The van der Waals surface area contributed by atoms with Gasteiger partial charge in [0.05, 0.1) is 11.9 Å². The summed E-state index contributed by atoms with van der Waals surface area (Å²) in [7, 11) is 0. The highest BCUT2D eigenvalue weighted by Gasteiger charge is 2.29. The fraction of sp³-hybridized carbons (Fsp3) is 0.167. The second-order valence-corrected chi connectivity index (χ2v) is 4.28. The molecule has 0 aliphatic rings. The van der Waals surface area contributed by atoms with Gasteiger partial charge >= 0.3 is 6.18 Å². The minimum Gasteiger partial charge on any atom is -0.466 e. The van der Waals surface area contributed by atoms with E-state index in [4.69, 9.17) is 0 Å². The van der Waals surface area contributed by atoms with Crippen LogP contribution >= 0.6 is 0 Å². The molecule has 6 nitrogen and oxygen atoms in total. The van der Waals surface area contributed by atoms with Gasteiger partial charge in [0.1, 0.15) is 6.33 Å². The molecule has 10 heteroatoms. The molecule has 3 heterocycles. The largest absolute Gasteiger partial charge is 0.466 e. The summed E-state index contributed by atoms with van der Waals surface area (Å²) < 4.78 is 55.7. The first kappa shape index (κ1) is 14.2. The third-order valence-corrected chi connectivity index (χ3v) is 2.66. The van der Waals surface area contributed by atoms with Gasteiger partial charge in [-0.2, -0.15) is 13.2 Å². The van der Waals surface area contributed by atoms with Crippen LogP contribution < -0.4 is 4.74 Å². The summed E-state index contributed by atoms with van der Waals surface area (Å²) in [4.78, 5) is 7.60. The van der Waals surface area contributed by atoms with Gasteiger partial charge in [0.15, 0.2) is 18.1 Å². The Bertz CT molecular complexity index is 817. The van der Waals surface area contributed by atoms with Crippen molar-refractivity contribution in [2.75, 3.05) is 6.61 Å². The smallest absolute Gasteiger partial charge is 0.422 e. The Hall–Kier alpha value is -2.78. The van der Waals surface area contributed by atoms with Crippen molar-refractivity contribution in [1.29, 1.82) is 0 Å². The van der Waals surface area contributed by atoms with Gasteiger partial charge < -0.3 is 4.74 Å². The van der Waals surface area contributed by atoms with Crippen LogP contribution in [0.25, 0.3) is 16.9 Å². The van der Waals surface area contributed by atoms with E-state index in [0.717, 1.165) is 6.07 Å². The van der Waals surface area contributed by atoms with Crippen LogP contribution in [0, 0.1) is 5.82 Å². The van der Waals surface area contributed by atoms with Crippen LogP contribution in [0.1, 0.15) is 0 Å². The number of aromatic nitrogens is 5. The first-order chi connectivity index (χ1) is 10.4. The van der Waals surface area contributed by atoms with E-state index >= 15 is 0 Å². The summed E-state index contributed by atoms with van der Waals surface area (Å²) in [6, 6.07) is 0.997. The average Bonchev–Trinajstić information content (AvgIpc) is 2.92. The van der Waals surface area contributed by atoms with Gasteiger partial charge in [0, 0.05) is 18.0 Å². The Balaban J connectivity index is 1.87. The van der Waals surface area contributed by atoms with E-state index in [-0.39, 0.29) is 5.56 Å². The lowest BCUT2D eigenvalue weighted by atomic mass is 10.2. The molecule has 0 amide bonds. The maximum atomic E-state index is 13.8. The number of nitrogens with zero attached hydrogens (tertiary/aromatic N) is 5. The molecule has 0 saturated heterocycles. The van der Waals surface area contributed by atoms with E-state index in [2.05, 4.69) is 24.9 Å². The average molecular weight is 313 g/mol. The second kappa shape index (κ2) is 5.20. The standard InChI is InChI=1S/C12H7F4N5O/c13-8-1-7(2-18-11(8)22-5-12(14,15)16)9-4-21-6-19-20-10(21)3-17-9/h1-4,6H,5H2. The highest BCUT2D eigenvalue weighted by molar-refractivity contribution is 5.58. The van der Waals surface area contributed by atoms with Crippen molar-refractivity contribution in [2.24, 2.45) is 0 Å². The van der Waals surface area contributed by atoms with E-state index in [9.17, 15) is 17.6 Å². The van der Waals surface area contributed by atoms with Gasteiger partial charge in [0.2, 0.25) is 0 Å². The lowest BCUT2D eigenvalue weighted by molar-refractivity contribution is -0.154. The highest BCUT2D eigenvalue weighted by Crippen LogP contribution is 2.23. The molecular formula is C12H7F4N5O. The molecule has 0 N–H and O–H groups in total. The molecule has 0 atom stereocenters. The summed E-state index contributed by atoms with van der Waals surface area (Å²) >= 11 is 0. The van der Waals surface area contributed by atoms with Gasteiger partial charge in [0.25, 0.3) is 5.88 Å². The number of pyridine rings is 1. The normalized spacial score (nSPS) is 11.8. The van der Waals surface area contributed by atoms with Gasteiger partial charge in [-0.1, -0.05) is 0 Å². The zero-order valence-corrected chi connectivity index (χ0v) is 10.8. The third-order valence-electron chi connectivity index (χ3n) is 2.66. The predicted octanol–water partition coefficient (Wildman–Crippen LogP) is 2.27. The van der Waals surface area contributed by atoms with Gasteiger partial charge in [-0.05, 0) is 6.07 Å². The Kier molecular flexibility index (Phi) is 3.35. The van der Waals surface area contributed by atoms with Crippen LogP contribution in [0.4, 0.5) is 17.6 Å². The molecule has 0 bridgehead atoms.